The Kier molecular flexibility index (Phi) is 2.92. The van der Waals surface area contributed by atoms with Crippen molar-refractivity contribution in [2.24, 2.45) is 0 Å². The Balaban J connectivity index is 2.19. The van der Waals surface area contributed by atoms with Crippen LogP contribution in [0.25, 0.3) is 0 Å². The van der Waals surface area contributed by atoms with E-state index in [0.717, 1.165) is 5.69 Å². The van der Waals surface area contributed by atoms with Crippen LogP contribution in [0.4, 0.5) is 0 Å². The van der Waals surface area contributed by atoms with Gasteiger partial charge >= 0.3 is 0 Å². The highest BCUT2D eigenvalue weighted by atomic mass is 32.2. The standard InChI is InChI=1S/C12H15NS/c1-9-8-11(6-7-13-9)12-5-3-4-10(2)14-12/h4,6-8,12H,3,5H2,1-2H3. The van der Waals surface area contributed by atoms with Gasteiger partial charge in [0.1, 0.15) is 0 Å². The quantitative estimate of drug-likeness (QED) is 0.690. The molecule has 74 valence electrons. The molecule has 1 aromatic rings. The molecule has 1 aromatic heterocycles. The molecule has 1 atom stereocenters. The van der Waals surface area contributed by atoms with Crippen molar-refractivity contribution in [2.75, 3.05) is 0 Å². The fourth-order valence-corrected chi connectivity index (χ4v) is 2.97. The predicted octanol–water partition coefficient (Wildman–Crippen LogP) is 3.86. The van der Waals surface area contributed by atoms with Gasteiger partial charge in [0, 0.05) is 17.1 Å². The lowest BCUT2D eigenvalue weighted by Crippen LogP contribution is -1.99. The SMILES string of the molecule is CC1=CCCC(c2ccnc(C)c2)S1. The minimum Gasteiger partial charge on any atom is -0.262 e. The maximum atomic E-state index is 4.23. The van der Waals surface area contributed by atoms with E-state index in [0.29, 0.717) is 5.25 Å². The monoisotopic (exact) mass is 205 g/mol. The van der Waals surface area contributed by atoms with E-state index in [1.165, 1.54) is 23.3 Å². The summed E-state index contributed by atoms with van der Waals surface area (Å²) in [6.07, 6.45) is 6.71. The molecule has 0 fully saturated rings. The number of nitrogens with zero attached hydrogens (tertiary/aromatic N) is 1. The first-order chi connectivity index (χ1) is 6.75. The zero-order valence-electron chi connectivity index (χ0n) is 8.66. The average molecular weight is 205 g/mol. The molecule has 2 rings (SSSR count). The molecule has 2 heterocycles. The molecular weight excluding hydrogens is 190 g/mol. The Hall–Kier alpha value is -0.760. The summed E-state index contributed by atoms with van der Waals surface area (Å²) in [6.45, 7) is 4.25. The predicted molar refractivity (Wildman–Crippen MR) is 62.3 cm³/mol. The highest BCUT2D eigenvalue weighted by molar-refractivity contribution is 8.03. The molecule has 0 aromatic carbocycles. The molecule has 1 aliphatic heterocycles. The van der Waals surface area contributed by atoms with Gasteiger partial charge < -0.3 is 0 Å². The number of pyridine rings is 1. The Morgan fingerprint density at radius 2 is 2.29 bits per heavy atom. The summed E-state index contributed by atoms with van der Waals surface area (Å²) in [7, 11) is 0. The third-order valence-electron chi connectivity index (χ3n) is 2.48. The van der Waals surface area contributed by atoms with Crippen molar-refractivity contribution in [1.29, 1.82) is 0 Å². The smallest absolute Gasteiger partial charge is 0.0375 e. The molecule has 1 aliphatic rings. The number of hydrogen-bond donors (Lipinski definition) is 0. The lowest BCUT2D eigenvalue weighted by Gasteiger charge is -2.20. The van der Waals surface area contributed by atoms with Crippen molar-refractivity contribution >= 4 is 11.8 Å². The third-order valence-corrected chi connectivity index (χ3v) is 3.81. The average Bonchev–Trinajstić information content (AvgIpc) is 2.18. The van der Waals surface area contributed by atoms with Gasteiger partial charge in [0.2, 0.25) is 0 Å². The van der Waals surface area contributed by atoms with E-state index >= 15 is 0 Å². The molecule has 0 spiro atoms. The van der Waals surface area contributed by atoms with E-state index in [1.54, 1.807) is 0 Å². The van der Waals surface area contributed by atoms with Crippen molar-refractivity contribution in [2.45, 2.75) is 31.9 Å². The van der Waals surface area contributed by atoms with Crippen LogP contribution >= 0.6 is 11.8 Å². The molecule has 0 N–H and O–H groups in total. The van der Waals surface area contributed by atoms with Gasteiger partial charge in [0.05, 0.1) is 0 Å². The van der Waals surface area contributed by atoms with Gasteiger partial charge in [0.15, 0.2) is 0 Å². The van der Waals surface area contributed by atoms with Crippen LogP contribution in [0.15, 0.2) is 29.3 Å². The van der Waals surface area contributed by atoms with Crippen molar-refractivity contribution in [1.82, 2.24) is 4.98 Å². The van der Waals surface area contributed by atoms with Crippen molar-refractivity contribution in [3.05, 3.63) is 40.6 Å². The van der Waals surface area contributed by atoms with Gasteiger partial charge in [-0.25, -0.2) is 0 Å². The van der Waals surface area contributed by atoms with E-state index < -0.39 is 0 Å². The van der Waals surface area contributed by atoms with Crippen LogP contribution in [0.5, 0.6) is 0 Å². The van der Waals surface area contributed by atoms with E-state index in [9.17, 15) is 0 Å². The van der Waals surface area contributed by atoms with Crippen LogP contribution in [-0.2, 0) is 0 Å². The van der Waals surface area contributed by atoms with Gasteiger partial charge in [-0.1, -0.05) is 6.08 Å². The van der Waals surface area contributed by atoms with E-state index in [2.05, 4.69) is 37.0 Å². The Bertz CT molecular complexity index is 357. The first kappa shape index (κ1) is 9.78. The molecule has 0 amide bonds. The maximum Gasteiger partial charge on any atom is 0.0375 e. The first-order valence-electron chi connectivity index (χ1n) is 5.01. The van der Waals surface area contributed by atoms with Gasteiger partial charge in [0.25, 0.3) is 0 Å². The van der Waals surface area contributed by atoms with E-state index in [4.69, 9.17) is 0 Å². The number of rotatable bonds is 1. The van der Waals surface area contributed by atoms with Gasteiger partial charge in [-0.3, -0.25) is 4.98 Å². The molecule has 0 saturated carbocycles. The van der Waals surface area contributed by atoms with Crippen LogP contribution in [-0.4, -0.2) is 4.98 Å². The van der Waals surface area contributed by atoms with Gasteiger partial charge in [-0.2, -0.15) is 0 Å². The van der Waals surface area contributed by atoms with E-state index in [-0.39, 0.29) is 0 Å². The Morgan fingerprint density at radius 3 is 3.00 bits per heavy atom. The summed E-state index contributed by atoms with van der Waals surface area (Å²) in [4.78, 5) is 5.68. The van der Waals surface area contributed by atoms with E-state index in [1.807, 2.05) is 18.0 Å². The van der Waals surface area contributed by atoms with Crippen LogP contribution in [0.3, 0.4) is 0 Å². The summed E-state index contributed by atoms with van der Waals surface area (Å²) in [6, 6.07) is 4.35. The minimum absolute atomic E-state index is 0.640. The topological polar surface area (TPSA) is 12.9 Å². The number of allylic oxidation sites excluding steroid dienone is 2. The zero-order valence-corrected chi connectivity index (χ0v) is 9.47. The lowest BCUT2D eigenvalue weighted by atomic mass is 10.1. The molecule has 0 radical (unpaired) electrons. The normalized spacial score (nSPS) is 21.9. The Morgan fingerprint density at radius 1 is 1.43 bits per heavy atom. The van der Waals surface area contributed by atoms with Crippen molar-refractivity contribution < 1.29 is 0 Å². The van der Waals surface area contributed by atoms with Crippen LogP contribution < -0.4 is 0 Å². The minimum atomic E-state index is 0.640. The molecule has 0 bridgehead atoms. The molecule has 0 saturated heterocycles. The summed E-state index contributed by atoms with van der Waals surface area (Å²) in [5.74, 6) is 0. The Labute approximate surface area is 89.6 Å². The second kappa shape index (κ2) is 4.18. The summed E-state index contributed by atoms with van der Waals surface area (Å²) < 4.78 is 0. The molecular formula is C12H15NS. The van der Waals surface area contributed by atoms with Crippen LogP contribution in [0.1, 0.15) is 36.3 Å². The number of aryl methyl sites for hydroxylation is 1. The van der Waals surface area contributed by atoms with Gasteiger partial charge in [-0.15, -0.1) is 11.8 Å². The van der Waals surface area contributed by atoms with Gasteiger partial charge in [-0.05, 0) is 49.3 Å². The second-order valence-corrected chi connectivity index (χ2v) is 5.18. The number of hydrogen-bond acceptors (Lipinski definition) is 2. The fourth-order valence-electron chi connectivity index (χ4n) is 1.77. The summed E-state index contributed by atoms with van der Waals surface area (Å²) in [5.41, 5.74) is 2.55. The number of thioether (sulfide) groups is 1. The molecule has 0 aliphatic carbocycles. The molecule has 14 heavy (non-hydrogen) atoms. The molecule has 1 unspecified atom stereocenters. The lowest BCUT2D eigenvalue weighted by molar-refractivity contribution is 0.809. The molecule has 2 heteroatoms. The zero-order chi connectivity index (χ0) is 9.97. The highest BCUT2D eigenvalue weighted by Gasteiger charge is 2.15. The molecule has 1 nitrogen and oxygen atoms in total. The maximum absolute atomic E-state index is 4.23. The van der Waals surface area contributed by atoms with Crippen LogP contribution in [0, 0.1) is 6.92 Å². The van der Waals surface area contributed by atoms with Crippen molar-refractivity contribution in [3.63, 3.8) is 0 Å². The van der Waals surface area contributed by atoms with Crippen LogP contribution in [0.2, 0.25) is 0 Å². The second-order valence-electron chi connectivity index (χ2n) is 3.73. The summed E-state index contributed by atoms with van der Waals surface area (Å²) >= 11 is 1.98. The summed E-state index contributed by atoms with van der Waals surface area (Å²) in [5, 5.41) is 0.640. The van der Waals surface area contributed by atoms with Crippen molar-refractivity contribution in [3.8, 4) is 0 Å². The number of aromatic nitrogens is 1. The highest BCUT2D eigenvalue weighted by Crippen LogP contribution is 2.41. The third kappa shape index (κ3) is 2.18. The first-order valence-corrected chi connectivity index (χ1v) is 5.89. The largest absolute Gasteiger partial charge is 0.262 e. The fraction of sp³-hybridized carbons (Fsp3) is 0.417.